The van der Waals surface area contributed by atoms with E-state index in [0.29, 0.717) is 83.9 Å². The number of carbonyl (C=O) groups is 3. The van der Waals surface area contributed by atoms with E-state index >= 15 is 4.39 Å². The molecule has 1 unspecified atom stereocenters. The summed E-state index contributed by atoms with van der Waals surface area (Å²) in [5.74, 6) is -0.718. The van der Waals surface area contributed by atoms with Gasteiger partial charge in [0.25, 0.3) is 0 Å². The van der Waals surface area contributed by atoms with Crippen molar-refractivity contribution in [3.63, 3.8) is 0 Å². The summed E-state index contributed by atoms with van der Waals surface area (Å²) >= 11 is 0. The molecule has 71 heavy (non-hydrogen) atoms. The van der Waals surface area contributed by atoms with Crippen LogP contribution in [0.2, 0.25) is 0 Å². The fourth-order valence-electron chi connectivity index (χ4n) is 10.7. The van der Waals surface area contributed by atoms with Gasteiger partial charge in [0.1, 0.15) is 35.3 Å². The van der Waals surface area contributed by atoms with Crippen LogP contribution in [0.3, 0.4) is 0 Å². The van der Waals surface area contributed by atoms with Crippen LogP contribution in [-0.2, 0) is 25.5 Å². The Morgan fingerprint density at radius 3 is 2.54 bits per heavy atom. The number of phenols is 1. The van der Waals surface area contributed by atoms with Gasteiger partial charge in [-0.1, -0.05) is 44.9 Å². The number of fused-ring (bicyclic) bond motifs is 2. The first-order valence-corrected chi connectivity index (χ1v) is 25.3. The van der Waals surface area contributed by atoms with Gasteiger partial charge in [0.15, 0.2) is 5.82 Å². The number of hydrogen-bond donors (Lipinski definition) is 4. The van der Waals surface area contributed by atoms with Crippen molar-refractivity contribution in [2.24, 2.45) is 17.3 Å². The molecule has 2 aromatic heterocycles. The number of benzene rings is 3. The lowest BCUT2D eigenvalue weighted by molar-refractivity contribution is -0.134. The Labute approximate surface area is 413 Å². The summed E-state index contributed by atoms with van der Waals surface area (Å²) in [6, 6.07) is 12.0. The number of amides is 3. The highest BCUT2D eigenvalue weighted by molar-refractivity contribution is 6.17. The molecule has 376 valence electrons. The zero-order valence-electron chi connectivity index (χ0n) is 41.0. The van der Waals surface area contributed by atoms with Crippen LogP contribution in [0.4, 0.5) is 20.3 Å². The molecule has 0 bridgehead atoms. The number of nitrogens with zero attached hydrogens (tertiary/aromatic N) is 6. The van der Waals surface area contributed by atoms with Crippen molar-refractivity contribution in [2.45, 2.75) is 90.4 Å². The number of pyridine rings is 1. The fraction of sp³-hybridized carbons (Fsp3) is 0.500. The molecular weight excluding hydrogens is 909 g/mol. The lowest BCUT2D eigenvalue weighted by atomic mass is 9.85. The molecule has 4 N–H and O–H groups in total. The zero-order valence-corrected chi connectivity index (χ0v) is 41.0. The number of imide groups is 1. The molecule has 1 atom stereocenters. The number of piperidine rings is 2. The van der Waals surface area contributed by atoms with Crippen LogP contribution in [0.25, 0.3) is 32.9 Å². The summed E-state index contributed by atoms with van der Waals surface area (Å²) < 4.78 is 44.0. The lowest BCUT2D eigenvalue weighted by Crippen LogP contribution is -2.48. The molecule has 4 aliphatic heterocycles. The number of aromatic hydroxyl groups is 1. The highest BCUT2D eigenvalue weighted by Gasteiger charge is 2.46. The van der Waals surface area contributed by atoms with E-state index in [1.165, 1.54) is 17.7 Å². The number of rotatable bonds is 13. The Bertz CT molecular complexity index is 2800. The molecule has 5 fully saturated rings. The van der Waals surface area contributed by atoms with Crippen LogP contribution in [0.15, 0.2) is 48.7 Å². The number of likely N-dealkylation sites (tertiary alicyclic amines) is 2. The Morgan fingerprint density at radius 2 is 1.82 bits per heavy atom. The van der Waals surface area contributed by atoms with Crippen LogP contribution in [-0.4, -0.2) is 120 Å². The Morgan fingerprint density at radius 1 is 1.03 bits per heavy atom. The van der Waals surface area contributed by atoms with Crippen molar-refractivity contribution < 1.29 is 37.7 Å². The van der Waals surface area contributed by atoms with E-state index in [-0.39, 0.29) is 52.2 Å². The van der Waals surface area contributed by atoms with E-state index in [1.54, 1.807) is 30.3 Å². The topological polar surface area (TPSA) is 186 Å². The third-order valence-corrected chi connectivity index (χ3v) is 14.9. The molecule has 17 heteroatoms. The van der Waals surface area contributed by atoms with Crippen molar-refractivity contribution in [1.82, 2.24) is 30.1 Å². The van der Waals surface area contributed by atoms with Gasteiger partial charge in [-0.3, -0.25) is 24.7 Å². The first kappa shape index (κ1) is 49.6. The molecule has 1 aliphatic carbocycles. The van der Waals surface area contributed by atoms with Gasteiger partial charge in [-0.25, -0.2) is 8.78 Å². The normalized spacial score (nSPS) is 20.0. The standard InChI is InChI=1S/C35H41F2N5O3.C19H24N4O3/c1-3-25-28(36)9-8-23-14-24(43)15-26(29(23)25)31-30(37)32-27(16-38-31)33(42-12-6-4-5-7-13-44-21-42)40-34(39-32)45-20-35(10-11-35)19-41-17-22(2)18-41;1-21-16-10-13(12-6-8-23(11-24)9-7-12)2-3-14(16)18(20)15-4-5-17(25)22-19(15)26/h8-9,14-16,22,43H,3-7,10-13,17-21H2,1-2H3;2-3,10-12,15,20-21H,4-9H2,1H3,(H,22,25,26). The maximum Gasteiger partial charge on any atom is 0.319 e. The maximum atomic E-state index is 16.8. The number of aryl methyl sites for hydroxylation is 1. The first-order chi connectivity index (χ1) is 34.4. The number of phenolic OH excluding ortho intramolecular Hbond substituents is 1. The molecule has 1 saturated carbocycles. The lowest BCUT2D eigenvalue weighted by Gasteiger charge is -2.39. The molecular formula is C54H65F2N9O6. The fourth-order valence-corrected chi connectivity index (χ4v) is 10.7. The Hall–Kier alpha value is -6.33. The zero-order chi connectivity index (χ0) is 49.8. The van der Waals surface area contributed by atoms with Crippen LogP contribution >= 0.6 is 0 Å². The third kappa shape index (κ3) is 11.0. The van der Waals surface area contributed by atoms with Crippen LogP contribution in [0.1, 0.15) is 101 Å². The summed E-state index contributed by atoms with van der Waals surface area (Å²) in [5, 5.41) is 26.1. The molecule has 3 aromatic carbocycles. The second kappa shape index (κ2) is 21.6. The van der Waals surface area contributed by atoms with Crippen LogP contribution in [0.5, 0.6) is 11.8 Å². The molecule has 6 heterocycles. The van der Waals surface area contributed by atoms with Gasteiger partial charge in [-0.2, -0.15) is 9.97 Å². The molecule has 3 amide bonds. The molecule has 0 spiro atoms. The Kier molecular flexibility index (Phi) is 15.1. The van der Waals surface area contributed by atoms with Crippen LogP contribution < -0.4 is 20.3 Å². The number of halogens is 2. The molecule has 10 rings (SSSR count). The van der Waals surface area contributed by atoms with Gasteiger partial charge in [-0.05, 0) is 109 Å². The van der Waals surface area contributed by atoms with Crippen molar-refractivity contribution in [2.75, 3.05) is 76.5 Å². The minimum Gasteiger partial charge on any atom is -0.508 e. The van der Waals surface area contributed by atoms with E-state index in [0.717, 1.165) is 102 Å². The average Bonchev–Trinajstić information content (AvgIpc) is 4.11. The molecule has 5 aromatic rings. The molecule has 0 radical (unpaired) electrons. The van der Waals surface area contributed by atoms with E-state index < -0.39 is 17.6 Å². The molecule has 4 saturated heterocycles. The monoisotopic (exact) mass is 974 g/mol. The predicted octanol–water partition coefficient (Wildman–Crippen LogP) is 8.34. The van der Waals surface area contributed by atoms with Crippen molar-refractivity contribution >= 4 is 57.1 Å². The third-order valence-electron chi connectivity index (χ3n) is 14.9. The summed E-state index contributed by atoms with van der Waals surface area (Å²) in [6.07, 6.45) is 11.7. The highest BCUT2D eigenvalue weighted by Crippen LogP contribution is 2.48. The largest absolute Gasteiger partial charge is 0.508 e. The number of anilines is 2. The SMILES string of the molecule is CCc1c(F)ccc2cc(O)cc(-c3ncc4c(N5CCCCCCOC5)nc(OCC5(CN6CC(C)C6)CC5)nc4c3F)c12.CNc1cc(C2CCN(C=O)CC2)ccc1C(=N)C1CCC(=O)NC1=O. The van der Waals surface area contributed by atoms with Crippen molar-refractivity contribution in [1.29, 1.82) is 5.41 Å². The summed E-state index contributed by atoms with van der Waals surface area (Å²) in [6.45, 7) is 11.0. The number of ether oxygens (including phenoxy) is 2. The van der Waals surface area contributed by atoms with Gasteiger partial charge in [0.05, 0.1) is 23.6 Å². The smallest absolute Gasteiger partial charge is 0.319 e. The van der Waals surface area contributed by atoms with Gasteiger partial charge < -0.3 is 40.0 Å². The van der Waals surface area contributed by atoms with Crippen LogP contribution in [0, 0.1) is 34.3 Å². The minimum absolute atomic E-state index is 0.00872. The van der Waals surface area contributed by atoms with E-state index in [4.69, 9.17) is 19.9 Å². The van der Waals surface area contributed by atoms with Gasteiger partial charge in [0.2, 0.25) is 18.2 Å². The van der Waals surface area contributed by atoms with Gasteiger partial charge in [0, 0.05) is 87.8 Å². The summed E-state index contributed by atoms with van der Waals surface area (Å²) in [7, 11) is 1.80. The van der Waals surface area contributed by atoms with Gasteiger partial charge in [-0.15, -0.1) is 0 Å². The minimum atomic E-state index is -0.667. The maximum absolute atomic E-state index is 16.8. The molecule has 15 nitrogen and oxygen atoms in total. The summed E-state index contributed by atoms with van der Waals surface area (Å²) in [4.78, 5) is 54.6. The van der Waals surface area contributed by atoms with E-state index in [1.807, 2.05) is 30.0 Å². The van der Waals surface area contributed by atoms with E-state index in [9.17, 15) is 23.9 Å². The number of aromatic nitrogens is 3. The Balaban J connectivity index is 0.000000204. The average molecular weight is 974 g/mol. The van der Waals surface area contributed by atoms with Crippen molar-refractivity contribution in [3.8, 4) is 23.0 Å². The second-order valence-electron chi connectivity index (χ2n) is 20.2. The number of nitrogens with one attached hydrogen (secondary N) is 3. The number of hydrogen-bond acceptors (Lipinski definition) is 13. The second-order valence-corrected chi connectivity index (χ2v) is 20.2. The number of carbonyl (C=O) groups excluding carboxylic acids is 3. The highest BCUT2D eigenvalue weighted by atomic mass is 19.1. The predicted molar refractivity (Wildman–Crippen MR) is 269 cm³/mol. The van der Waals surface area contributed by atoms with Crippen molar-refractivity contribution in [3.05, 3.63) is 77.0 Å². The first-order valence-electron chi connectivity index (χ1n) is 25.3. The van der Waals surface area contributed by atoms with E-state index in [2.05, 4.69) is 32.4 Å². The summed E-state index contributed by atoms with van der Waals surface area (Å²) in [5.41, 5.74) is 3.82. The quantitative estimate of drug-likeness (QED) is 0.0503. The molecule has 5 aliphatic rings. The van der Waals surface area contributed by atoms with Gasteiger partial charge >= 0.3 is 6.01 Å².